The molecule has 2 atom stereocenters. The molecule has 0 aromatic heterocycles. The smallest absolute Gasteiger partial charge is 0.257 e. The Hall–Kier alpha value is -3.10. The summed E-state index contributed by atoms with van der Waals surface area (Å²) in [5.74, 6) is -3.80. The predicted molar refractivity (Wildman–Crippen MR) is 173 cm³/mol. The lowest BCUT2D eigenvalue weighted by Gasteiger charge is -2.39. The number of rotatable bonds is 8. The summed E-state index contributed by atoms with van der Waals surface area (Å²) in [5.41, 5.74) is 2.58. The summed E-state index contributed by atoms with van der Waals surface area (Å²) in [7, 11) is 0. The van der Waals surface area contributed by atoms with Crippen LogP contribution in [0.25, 0.3) is 0 Å². The van der Waals surface area contributed by atoms with E-state index >= 15 is 8.78 Å². The molecule has 248 valence electrons. The monoisotopic (exact) mass is 638 g/mol. The van der Waals surface area contributed by atoms with Gasteiger partial charge in [0.2, 0.25) is 0 Å². The van der Waals surface area contributed by atoms with Crippen molar-refractivity contribution in [3.63, 3.8) is 0 Å². The van der Waals surface area contributed by atoms with Gasteiger partial charge in [0.15, 0.2) is 0 Å². The predicted octanol–water partition coefficient (Wildman–Crippen LogP) is 9.01. The van der Waals surface area contributed by atoms with E-state index in [9.17, 15) is 8.78 Å². The average molecular weight is 639 g/mol. The molecule has 3 aromatic carbocycles. The van der Waals surface area contributed by atoms with Crippen molar-refractivity contribution in [3.8, 4) is 11.5 Å². The highest BCUT2D eigenvalue weighted by atomic mass is 19.3. The van der Waals surface area contributed by atoms with E-state index in [2.05, 4.69) is 5.32 Å². The number of fused-ring (bicyclic) bond motifs is 1. The number of nitrogens with zero attached hydrogens (tertiary/aromatic N) is 1. The second-order valence-corrected chi connectivity index (χ2v) is 13.8. The summed E-state index contributed by atoms with van der Waals surface area (Å²) < 4.78 is 73.0. The Morgan fingerprint density at radius 2 is 1.59 bits per heavy atom. The van der Waals surface area contributed by atoms with E-state index in [4.69, 9.17) is 9.47 Å². The Balaban J connectivity index is 1.22. The molecule has 1 aliphatic carbocycles. The Labute approximate surface area is 270 Å². The molecule has 3 aliphatic rings. The van der Waals surface area contributed by atoms with Gasteiger partial charge in [0, 0.05) is 31.2 Å². The first-order valence-electron chi connectivity index (χ1n) is 17.0. The van der Waals surface area contributed by atoms with Crippen molar-refractivity contribution in [2.24, 2.45) is 5.41 Å². The van der Waals surface area contributed by atoms with Gasteiger partial charge in [-0.3, -0.25) is 4.90 Å². The number of benzene rings is 3. The quantitative estimate of drug-likeness (QED) is 0.250. The molecule has 2 unspecified atom stereocenters. The van der Waals surface area contributed by atoms with Gasteiger partial charge in [0.05, 0.1) is 18.7 Å². The molecule has 1 saturated carbocycles. The molecule has 1 N–H and O–H groups in total. The molecule has 0 amide bonds. The van der Waals surface area contributed by atoms with Gasteiger partial charge in [-0.15, -0.1) is 0 Å². The summed E-state index contributed by atoms with van der Waals surface area (Å²) in [6.07, 6.45) is 10.1. The lowest BCUT2D eigenvalue weighted by Crippen LogP contribution is -2.43. The van der Waals surface area contributed by atoms with Crippen LogP contribution in [0.15, 0.2) is 60.7 Å². The third kappa shape index (κ3) is 8.06. The van der Waals surface area contributed by atoms with E-state index in [1.54, 1.807) is 12.1 Å². The SMILES string of the molecule is CC(F)(F)CN1CCc2cc(OCc3ccccc3)ccc2C1c1c(F)cc(OC2CCCC3(CCCNCCC3)CC2)cc1F. The molecule has 0 radical (unpaired) electrons. The van der Waals surface area contributed by atoms with Crippen molar-refractivity contribution < 1.29 is 27.0 Å². The Bertz CT molecular complexity index is 1430. The molecule has 46 heavy (non-hydrogen) atoms. The first kappa shape index (κ1) is 32.8. The molecule has 6 rings (SSSR count). The molecular formula is C38H46F4N2O2. The molecule has 8 heteroatoms. The van der Waals surface area contributed by atoms with Crippen LogP contribution in [-0.4, -0.2) is 43.1 Å². The van der Waals surface area contributed by atoms with Crippen LogP contribution in [0, 0.1) is 17.0 Å². The highest BCUT2D eigenvalue weighted by Crippen LogP contribution is 2.45. The summed E-state index contributed by atoms with van der Waals surface area (Å²) in [4.78, 5) is 1.49. The zero-order chi connectivity index (χ0) is 32.1. The van der Waals surface area contributed by atoms with Gasteiger partial charge >= 0.3 is 0 Å². The van der Waals surface area contributed by atoms with E-state index in [0.29, 0.717) is 29.8 Å². The minimum Gasteiger partial charge on any atom is -0.490 e. The largest absolute Gasteiger partial charge is 0.490 e. The van der Waals surface area contributed by atoms with Crippen LogP contribution in [0.3, 0.4) is 0 Å². The summed E-state index contributed by atoms with van der Waals surface area (Å²) in [5, 5.41) is 3.50. The average Bonchev–Trinajstić information content (AvgIpc) is 3.21. The maximum Gasteiger partial charge on any atom is 0.257 e. The zero-order valence-corrected chi connectivity index (χ0v) is 26.8. The van der Waals surface area contributed by atoms with Crippen molar-refractivity contribution >= 4 is 0 Å². The molecule has 4 nitrogen and oxygen atoms in total. The minimum atomic E-state index is -3.03. The van der Waals surface area contributed by atoms with Crippen LogP contribution in [0.1, 0.15) is 93.0 Å². The van der Waals surface area contributed by atoms with Gasteiger partial charge in [-0.2, -0.15) is 0 Å². The maximum absolute atomic E-state index is 16.0. The van der Waals surface area contributed by atoms with Crippen molar-refractivity contribution in [2.45, 2.75) is 95.8 Å². The van der Waals surface area contributed by atoms with E-state index in [-0.39, 0.29) is 24.0 Å². The van der Waals surface area contributed by atoms with Crippen LogP contribution >= 0.6 is 0 Å². The molecule has 1 spiro atoms. The molecule has 0 bridgehead atoms. The van der Waals surface area contributed by atoms with Crippen LogP contribution in [0.4, 0.5) is 17.6 Å². The number of hydrogen-bond acceptors (Lipinski definition) is 4. The minimum absolute atomic E-state index is 0.104. The number of halogens is 4. The van der Waals surface area contributed by atoms with Crippen molar-refractivity contribution in [1.82, 2.24) is 10.2 Å². The summed E-state index contributed by atoms with van der Waals surface area (Å²) in [6.45, 7) is 2.97. The molecule has 2 heterocycles. The lowest BCUT2D eigenvalue weighted by molar-refractivity contribution is -0.0245. The molecule has 2 aliphatic heterocycles. The standard InChI is InChI=1S/C38H46F4N2O2/c1-37(41,42)26-44-21-14-28-22-30(45-25-27-8-3-2-4-9-27)11-12-32(28)36(44)35-33(39)23-31(24-34(35)40)46-29-10-5-15-38(18-13-29)16-6-19-43-20-7-17-38/h2-4,8-9,11-12,22-24,29,36,43H,5-7,10,13-21,25-26H2,1H3. The normalized spacial score (nSPS) is 22.4. The highest BCUT2D eigenvalue weighted by Gasteiger charge is 2.38. The maximum atomic E-state index is 16.0. The van der Waals surface area contributed by atoms with E-state index in [0.717, 1.165) is 56.8 Å². The molecular weight excluding hydrogens is 592 g/mol. The number of alkyl halides is 2. The number of ether oxygens (including phenoxy) is 2. The highest BCUT2D eigenvalue weighted by molar-refractivity contribution is 5.46. The summed E-state index contributed by atoms with van der Waals surface area (Å²) in [6, 6.07) is 16.6. The Morgan fingerprint density at radius 3 is 2.30 bits per heavy atom. The first-order chi connectivity index (χ1) is 22.2. The third-order valence-corrected chi connectivity index (χ3v) is 10.2. The van der Waals surface area contributed by atoms with E-state index in [1.807, 2.05) is 36.4 Å². The van der Waals surface area contributed by atoms with Crippen LogP contribution in [0.2, 0.25) is 0 Å². The molecule has 1 saturated heterocycles. The van der Waals surface area contributed by atoms with Gasteiger partial charge in [-0.25, -0.2) is 17.6 Å². The molecule has 2 fully saturated rings. The third-order valence-electron chi connectivity index (χ3n) is 10.2. The Kier molecular flexibility index (Phi) is 10.2. The fraction of sp³-hybridized carbons (Fsp3) is 0.526. The zero-order valence-electron chi connectivity index (χ0n) is 26.8. The molecule has 3 aromatic rings. The number of nitrogens with one attached hydrogen (secondary N) is 1. The summed E-state index contributed by atoms with van der Waals surface area (Å²) >= 11 is 0. The van der Waals surface area contributed by atoms with Gasteiger partial charge in [-0.1, -0.05) is 36.4 Å². The second kappa shape index (κ2) is 14.3. The van der Waals surface area contributed by atoms with Crippen LogP contribution in [-0.2, 0) is 13.0 Å². The number of hydrogen-bond donors (Lipinski definition) is 1. The van der Waals surface area contributed by atoms with Crippen molar-refractivity contribution in [2.75, 3.05) is 26.2 Å². The van der Waals surface area contributed by atoms with Gasteiger partial charge in [0.1, 0.15) is 29.7 Å². The van der Waals surface area contributed by atoms with Gasteiger partial charge < -0.3 is 14.8 Å². The topological polar surface area (TPSA) is 33.7 Å². The fourth-order valence-electron chi connectivity index (χ4n) is 7.92. The van der Waals surface area contributed by atoms with Gasteiger partial charge in [0.25, 0.3) is 5.92 Å². The van der Waals surface area contributed by atoms with Crippen molar-refractivity contribution in [3.05, 3.63) is 94.6 Å². The lowest BCUT2D eigenvalue weighted by atomic mass is 9.72. The van der Waals surface area contributed by atoms with Gasteiger partial charge in [-0.05, 0) is 112 Å². The van der Waals surface area contributed by atoms with Crippen LogP contribution < -0.4 is 14.8 Å². The van der Waals surface area contributed by atoms with Crippen LogP contribution in [0.5, 0.6) is 11.5 Å². The first-order valence-corrected chi connectivity index (χ1v) is 17.0. The van der Waals surface area contributed by atoms with Crippen molar-refractivity contribution in [1.29, 1.82) is 0 Å². The van der Waals surface area contributed by atoms with E-state index < -0.39 is 30.1 Å². The Morgan fingerprint density at radius 1 is 0.870 bits per heavy atom. The van der Waals surface area contributed by atoms with E-state index in [1.165, 1.54) is 49.1 Å². The second-order valence-electron chi connectivity index (χ2n) is 13.8. The fourth-order valence-corrected chi connectivity index (χ4v) is 7.92.